The van der Waals surface area contributed by atoms with E-state index in [4.69, 9.17) is 9.47 Å². The molecule has 162 valence electrons. The third kappa shape index (κ3) is 5.65. The molecule has 1 amide bonds. The molecule has 1 heterocycles. The molecule has 2 aromatic carbocycles. The van der Waals surface area contributed by atoms with Crippen LogP contribution in [0.15, 0.2) is 52.1 Å². The maximum absolute atomic E-state index is 12.5. The second-order valence-corrected chi connectivity index (χ2v) is 8.29. The number of ether oxygens (including phenoxy) is 2. The summed E-state index contributed by atoms with van der Waals surface area (Å²) in [5, 5.41) is 11.7. The Hall–Kier alpha value is -2.85. The molecule has 0 spiro atoms. The standard InChI is InChI=1S/C21H21BrN4O4S/c1-26-19(11-23-20(28)14-6-9-17(29-2)18(10-14)30-3)24-25-21(26)31-12-16(27)13-4-7-15(22)8-5-13/h4-10H,11-12H2,1-3H3,(H,23,28). The Bertz CT molecular complexity index is 1090. The maximum Gasteiger partial charge on any atom is 0.251 e. The fourth-order valence-electron chi connectivity index (χ4n) is 2.71. The van der Waals surface area contributed by atoms with Crippen LogP contribution in [0.5, 0.6) is 11.5 Å². The lowest BCUT2D eigenvalue weighted by molar-refractivity contribution is 0.0948. The highest BCUT2D eigenvalue weighted by Crippen LogP contribution is 2.27. The Morgan fingerprint density at radius 2 is 1.71 bits per heavy atom. The highest BCUT2D eigenvalue weighted by atomic mass is 79.9. The molecule has 0 atom stereocenters. The van der Waals surface area contributed by atoms with Gasteiger partial charge in [0.05, 0.1) is 26.5 Å². The Labute approximate surface area is 192 Å². The number of Topliss-reactive ketones (excluding diaryl/α,β-unsaturated/α-hetero) is 1. The first kappa shape index (κ1) is 22.8. The predicted molar refractivity (Wildman–Crippen MR) is 121 cm³/mol. The number of carbonyl (C=O) groups is 2. The van der Waals surface area contributed by atoms with Crippen molar-refractivity contribution in [1.82, 2.24) is 20.1 Å². The average molecular weight is 505 g/mol. The number of halogens is 1. The number of ketones is 1. The lowest BCUT2D eigenvalue weighted by Crippen LogP contribution is -2.24. The summed E-state index contributed by atoms with van der Waals surface area (Å²) >= 11 is 4.66. The lowest BCUT2D eigenvalue weighted by atomic mass is 10.2. The predicted octanol–water partition coefficient (Wildman–Crippen LogP) is 3.50. The van der Waals surface area contributed by atoms with E-state index in [1.54, 1.807) is 41.9 Å². The van der Waals surface area contributed by atoms with E-state index >= 15 is 0 Å². The van der Waals surface area contributed by atoms with Crippen molar-refractivity contribution in [2.45, 2.75) is 11.7 Å². The molecule has 31 heavy (non-hydrogen) atoms. The Morgan fingerprint density at radius 1 is 1.03 bits per heavy atom. The minimum absolute atomic E-state index is 0.00352. The summed E-state index contributed by atoms with van der Waals surface area (Å²) in [6.07, 6.45) is 0. The van der Waals surface area contributed by atoms with Gasteiger partial charge < -0.3 is 19.4 Å². The van der Waals surface area contributed by atoms with Crippen molar-refractivity contribution in [2.24, 2.45) is 7.05 Å². The van der Waals surface area contributed by atoms with Crippen molar-refractivity contribution in [3.63, 3.8) is 0 Å². The maximum atomic E-state index is 12.5. The molecule has 0 radical (unpaired) electrons. The van der Waals surface area contributed by atoms with E-state index in [-0.39, 0.29) is 24.0 Å². The molecule has 0 fully saturated rings. The summed E-state index contributed by atoms with van der Waals surface area (Å²) in [6, 6.07) is 12.2. The third-order valence-electron chi connectivity index (χ3n) is 4.48. The fraction of sp³-hybridized carbons (Fsp3) is 0.238. The summed E-state index contributed by atoms with van der Waals surface area (Å²) in [5.74, 6) is 1.57. The van der Waals surface area contributed by atoms with Crippen LogP contribution >= 0.6 is 27.7 Å². The van der Waals surface area contributed by atoms with E-state index in [9.17, 15) is 9.59 Å². The topological polar surface area (TPSA) is 95.3 Å². The van der Waals surface area contributed by atoms with Crippen molar-refractivity contribution in [3.05, 3.63) is 63.9 Å². The molecule has 1 N–H and O–H groups in total. The molecule has 3 aromatic rings. The minimum Gasteiger partial charge on any atom is -0.493 e. The number of rotatable bonds is 9. The molecule has 0 unspecified atom stereocenters. The average Bonchev–Trinajstić information content (AvgIpc) is 3.14. The van der Waals surface area contributed by atoms with Gasteiger partial charge in [-0.2, -0.15) is 0 Å². The number of benzene rings is 2. The van der Waals surface area contributed by atoms with Gasteiger partial charge in [-0.15, -0.1) is 10.2 Å². The summed E-state index contributed by atoms with van der Waals surface area (Å²) in [4.78, 5) is 24.8. The number of hydrogen-bond acceptors (Lipinski definition) is 7. The molecule has 0 bridgehead atoms. The van der Waals surface area contributed by atoms with E-state index in [0.717, 1.165) is 4.47 Å². The summed E-state index contributed by atoms with van der Waals surface area (Å²) in [7, 11) is 4.85. The molecule has 1 aromatic heterocycles. The molecule has 0 aliphatic carbocycles. The summed E-state index contributed by atoms with van der Waals surface area (Å²) in [6.45, 7) is 0.192. The zero-order chi connectivity index (χ0) is 22.4. The van der Waals surface area contributed by atoms with Gasteiger partial charge in [0.15, 0.2) is 28.3 Å². The molecule has 0 aliphatic rings. The normalized spacial score (nSPS) is 10.6. The first-order valence-corrected chi connectivity index (χ1v) is 11.0. The molecular weight excluding hydrogens is 484 g/mol. The Balaban J connectivity index is 1.58. The second kappa shape index (κ2) is 10.5. The number of thioether (sulfide) groups is 1. The molecule has 8 nitrogen and oxygen atoms in total. The van der Waals surface area contributed by atoms with Gasteiger partial charge in [-0.1, -0.05) is 39.8 Å². The molecule has 10 heteroatoms. The third-order valence-corrected chi connectivity index (χ3v) is 6.03. The number of aromatic nitrogens is 3. The smallest absolute Gasteiger partial charge is 0.251 e. The van der Waals surface area contributed by atoms with E-state index in [2.05, 4.69) is 31.4 Å². The first-order chi connectivity index (χ1) is 14.9. The van der Waals surface area contributed by atoms with Crippen LogP contribution in [0.4, 0.5) is 0 Å². The van der Waals surface area contributed by atoms with Gasteiger partial charge in [-0.25, -0.2) is 0 Å². The van der Waals surface area contributed by atoms with Crippen molar-refractivity contribution < 1.29 is 19.1 Å². The number of methoxy groups -OCH3 is 2. The minimum atomic E-state index is -0.274. The van der Waals surface area contributed by atoms with Gasteiger partial charge in [0, 0.05) is 22.6 Å². The number of carbonyl (C=O) groups excluding carboxylic acids is 2. The van der Waals surface area contributed by atoms with Crippen molar-refractivity contribution in [2.75, 3.05) is 20.0 Å². The van der Waals surface area contributed by atoms with Crippen LogP contribution in [-0.2, 0) is 13.6 Å². The Morgan fingerprint density at radius 3 is 2.39 bits per heavy atom. The van der Waals surface area contributed by atoms with Crippen molar-refractivity contribution >= 4 is 39.4 Å². The Kier molecular flexibility index (Phi) is 7.69. The van der Waals surface area contributed by atoms with Gasteiger partial charge in [-0.05, 0) is 30.3 Å². The monoisotopic (exact) mass is 504 g/mol. The van der Waals surface area contributed by atoms with Gasteiger partial charge >= 0.3 is 0 Å². The van der Waals surface area contributed by atoms with E-state index in [1.807, 2.05) is 12.1 Å². The fourth-order valence-corrected chi connectivity index (χ4v) is 3.80. The van der Waals surface area contributed by atoms with Crippen LogP contribution in [0.2, 0.25) is 0 Å². The lowest BCUT2D eigenvalue weighted by Gasteiger charge is -2.10. The zero-order valence-electron chi connectivity index (χ0n) is 17.2. The molecular formula is C21H21BrN4O4S. The SMILES string of the molecule is COc1ccc(C(=O)NCc2nnc(SCC(=O)c3ccc(Br)cc3)n2C)cc1OC. The summed E-state index contributed by atoms with van der Waals surface area (Å²) < 4.78 is 13.1. The quantitative estimate of drug-likeness (QED) is 0.351. The van der Waals surface area contributed by atoms with E-state index in [0.29, 0.717) is 33.6 Å². The number of nitrogens with zero attached hydrogens (tertiary/aromatic N) is 3. The van der Waals surface area contributed by atoms with Crippen LogP contribution < -0.4 is 14.8 Å². The molecule has 3 rings (SSSR count). The highest BCUT2D eigenvalue weighted by Gasteiger charge is 2.15. The number of hydrogen-bond donors (Lipinski definition) is 1. The summed E-state index contributed by atoms with van der Waals surface area (Å²) in [5.41, 5.74) is 1.08. The van der Waals surface area contributed by atoms with Crippen molar-refractivity contribution in [1.29, 1.82) is 0 Å². The van der Waals surface area contributed by atoms with E-state index < -0.39 is 0 Å². The van der Waals surface area contributed by atoms with E-state index in [1.165, 1.54) is 26.0 Å². The molecule has 0 saturated heterocycles. The van der Waals surface area contributed by atoms with Crippen molar-refractivity contribution in [3.8, 4) is 11.5 Å². The molecule has 0 aliphatic heterocycles. The zero-order valence-corrected chi connectivity index (χ0v) is 19.6. The van der Waals surface area contributed by atoms with Gasteiger partial charge in [0.1, 0.15) is 0 Å². The molecule has 0 saturated carbocycles. The number of nitrogens with one attached hydrogen (secondary N) is 1. The second-order valence-electron chi connectivity index (χ2n) is 6.43. The van der Waals surface area contributed by atoms with Gasteiger partial charge in [-0.3, -0.25) is 9.59 Å². The number of amides is 1. The highest BCUT2D eigenvalue weighted by molar-refractivity contribution is 9.10. The van der Waals surface area contributed by atoms with Crippen LogP contribution in [-0.4, -0.2) is 46.4 Å². The largest absolute Gasteiger partial charge is 0.493 e. The van der Waals surface area contributed by atoms with Gasteiger partial charge in [0.25, 0.3) is 5.91 Å². The van der Waals surface area contributed by atoms with Crippen LogP contribution in [0.3, 0.4) is 0 Å². The van der Waals surface area contributed by atoms with Gasteiger partial charge in [0.2, 0.25) is 0 Å². The van der Waals surface area contributed by atoms with Crippen LogP contribution in [0.1, 0.15) is 26.5 Å². The van der Waals surface area contributed by atoms with Crippen LogP contribution in [0, 0.1) is 0 Å². The van der Waals surface area contributed by atoms with Crippen LogP contribution in [0.25, 0.3) is 0 Å². The first-order valence-electron chi connectivity index (χ1n) is 9.23.